The van der Waals surface area contributed by atoms with Gasteiger partial charge in [0.05, 0.1) is 5.92 Å². The van der Waals surface area contributed by atoms with Gasteiger partial charge in [-0.3, -0.25) is 9.59 Å². The van der Waals surface area contributed by atoms with Crippen molar-refractivity contribution in [3.8, 4) is 0 Å². The number of hydrogen-bond acceptors (Lipinski definition) is 3. The van der Waals surface area contributed by atoms with E-state index in [0.717, 1.165) is 19.3 Å². The summed E-state index contributed by atoms with van der Waals surface area (Å²) >= 11 is 0. The van der Waals surface area contributed by atoms with Gasteiger partial charge in [0.25, 0.3) is 0 Å². The fraction of sp³-hybridized carbons (Fsp3) is 0.800. The Balaban J connectivity index is 2.75. The van der Waals surface area contributed by atoms with Crippen molar-refractivity contribution in [3.05, 3.63) is 0 Å². The number of carbonyl (C=O) groups excluding carboxylic acids is 2. The first-order valence-electron chi connectivity index (χ1n) is 4.66. The van der Waals surface area contributed by atoms with E-state index >= 15 is 0 Å². The van der Waals surface area contributed by atoms with Crippen LogP contribution in [0.1, 0.15) is 40.0 Å². The Bertz CT molecular complexity index is 234. The molecule has 0 N–H and O–H groups in total. The second-order valence-electron chi connectivity index (χ2n) is 3.96. The topological polar surface area (TPSA) is 43.4 Å². The van der Waals surface area contributed by atoms with Crippen LogP contribution >= 0.6 is 0 Å². The summed E-state index contributed by atoms with van der Waals surface area (Å²) in [7, 11) is 0. The summed E-state index contributed by atoms with van der Waals surface area (Å²) in [5.41, 5.74) is -0.544. The van der Waals surface area contributed by atoms with Crippen molar-refractivity contribution in [2.75, 3.05) is 0 Å². The van der Waals surface area contributed by atoms with Gasteiger partial charge in [-0.1, -0.05) is 0 Å². The quantitative estimate of drug-likeness (QED) is 0.613. The van der Waals surface area contributed by atoms with Crippen LogP contribution < -0.4 is 0 Å². The summed E-state index contributed by atoms with van der Waals surface area (Å²) in [6, 6.07) is 0. The molecule has 1 saturated carbocycles. The van der Waals surface area contributed by atoms with Crippen LogP contribution in [0, 0.1) is 5.92 Å². The van der Waals surface area contributed by atoms with Gasteiger partial charge in [-0.15, -0.1) is 0 Å². The zero-order valence-electron chi connectivity index (χ0n) is 8.42. The Hall–Kier alpha value is -0.860. The Morgan fingerprint density at radius 2 is 2.00 bits per heavy atom. The molecule has 0 amide bonds. The molecule has 3 heteroatoms. The first-order chi connectivity index (χ1) is 5.96. The molecule has 1 fully saturated rings. The van der Waals surface area contributed by atoms with E-state index in [9.17, 15) is 9.59 Å². The van der Waals surface area contributed by atoms with Crippen molar-refractivity contribution >= 4 is 11.8 Å². The van der Waals surface area contributed by atoms with E-state index in [2.05, 4.69) is 0 Å². The van der Waals surface area contributed by atoms with Gasteiger partial charge in [-0.2, -0.15) is 0 Å². The molecule has 74 valence electrons. The molecule has 0 saturated heterocycles. The lowest BCUT2D eigenvalue weighted by atomic mass is 9.89. The number of ketones is 1. The van der Waals surface area contributed by atoms with Crippen molar-refractivity contribution in [2.45, 2.75) is 45.6 Å². The first kappa shape index (κ1) is 10.2. The molecule has 2 atom stereocenters. The van der Waals surface area contributed by atoms with Crippen LogP contribution in [0.15, 0.2) is 0 Å². The van der Waals surface area contributed by atoms with Crippen LogP contribution in [-0.4, -0.2) is 17.4 Å². The molecule has 1 aliphatic rings. The normalized spacial score (nSPS) is 33.0. The fourth-order valence-electron chi connectivity index (χ4n) is 2.22. The lowest BCUT2D eigenvalue weighted by molar-refractivity contribution is -0.160. The average molecular weight is 184 g/mol. The summed E-state index contributed by atoms with van der Waals surface area (Å²) < 4.78 is 5.21. The number of rotatable bonds is 2. The minimum absolute atomic E-state index is 0.101. The Kier molecular flexibility index (Phi) is 2.74. The summed E-state index contributed by atoms with van der Waals surface area (Å²) in [6.07, 6.45) is 2.62. The number of carbonyl (C=O) groups is 2. The smallest absolute Gasteiger partial charge is 0.303 e. The maximum atomic E-state index is 11.3. The van der Waals surface area contributed by atoms with Gasteiger partial charge in [0.2, 0.25) is 0 Å². The zero-order chi connectivity index (χ0) is 10.1. The lowest BCUT2D eigenvalue weighted by Gasteiger charge is -2.29. The Morgan fingerprint density at radius 3 is 2.46 bits per heavy atom. The molecule has 0 radical (unpaired) electrons. The van der Waals surface area contributed by atoms with Gasteiger partial charge in [-0.05, 0) is 33.1 Å². The highest BCUT2D eigenvalue weighted by Gasteiger charge is 2.44. The zero-order valence-corrected chi connectivity index (χ0v) is 8.42. The molecule has 0 bridgehead atoms. The lowest BCUT2D eigenvalue weighted by Crippen LogP contribution is -2.38. The monoisotopic (exact) mass is 184 g/mol. The maximum Gasteiger partial charge on any atom is 0.303 e. The average Bonchev–Trinajstić information content (AvgIpc) is 2.28. The van der Waals surface area contributed by atoms with Crippen LogP contribution in [0.5, 0.6) is 0 Å². The number of Topliss-reactive ketones (excluding diaryl/α,β-unsaturated/α-hetero) is 1. The van der Waals surface area contributed by atoms with Crippen LogP contribution in [0.4, 0.5) is 0 Å². The molecule has 0 aromatic rings. The summed E-state index contributed by atoms with van der Waals surface area (Å²) in [4.78, 5) is 22.1. The molecule has 0 spiro atoms. The third kappa shape index (κ3) is 2.08. The molecule has 1 aliphatic carbocycles. The van der Waals surface area contributed by atoms with E-state index in [1.807, 2.05) is 6.92 Å². The molecular formula is C10H16O3. The van der Waals surface area contributed by atoms with Crippen LogP contribution in [-0.2, 0) is 14.3 Å². The highest BCUT2D eigenvalue weighted by Crippen LogP contribution is 2.39. The predicted octanol–water partition coefficient (Wildman–Crippen LogP) is 1.70. The first-order valence-corrected chi connectivity index (χ1v) is 4.66. The van der Waals surface area contributed by atoms with Gasteiger partial charge in [-0.25, -0.2) is 0 Å². The fourth-order valence-corrected chi connectivity index (χ4v) is 2.22. The van der Waals surface area contributed by atoms with Crippen LogP contribution in [0.25, 0.3) is 0 Å². The van der Waals surface area contributed by atoms with E-state index < -0.39 is 5.60 Å². The van der Waals surface area contributed by atoms with Crippen molar-refractivity contribution in [1.29, 1.82) is 0 Å². The SMILES string of the molecule is CC(=O)OC1(C)CCCC1C(C)=O. The van der Waals surface area contributed by atoms with E-state index in [1.54, 1.807) is 6.92 Å². The van der Waals surface area contributed by atoms with Crippen LogP contribution in [0.3, 0.4) is 0 Å². The molecule has 0 heterocycles. The van der Waals surface area contributed by atoms with E-state index in [0.29, 0.717) is 0 Å². The molecule has 0 aromatic carbocycles. The van der Waals surface area contributed by atoms with Crippen molar-refractivity contribution in [1.82, 2.24) is 0 Å². The Labute approximate surface area is 78.5 Å². The minimum atomic E-state index is -0.544. The van der Waals surface area contributed by atoms with Crippen LogP contribution in [0.2, 0.25) is 0 Å². The van der Waals surface area contributed by atoms with Gasteiger partial charge >= 0.3 is 5.97 Å². The molecule has 2 unspecified atom stereocenters. The van der Waals surface area contributed by atoms with Gasteiger partial charge in [0.1, 0.15) is 11.4 Å². The van der Waals surface area contributed by atoms with Crippen molar-refractivity contribution in [3.63, 3.8) is 0 Å². The minimum Gasteiger partial charge on any atom is -0.459 e. The molecule has 1 rings (SSSR count). The molecule has 13 heavy (non-hydrogen) atoms. The predicted molar refractivity (Wildman–Crippen MR) is 48.2 cm³/mol. The number of esters is 1. The molecule has 3 nitrogen and oxygen atoms in total. The van der Waals surface area contributed by atoms with Crippen molar-refractivity contribution in [2.24, 2.45) is 5.92 Å². The van der Waals surface area contributed by atoms with Crippen molar-refractivity contribution < 1.29 is 14.3 Å². The van der Waals surface area contributed by atoms with Gasteiger partial charge in [0, 0.05) is 6.92 Å². The summed E-state index contributed by atoms with van der Waals surface area (Å²) in [5, 5.41) is 0. The van der Waals surface area contributed by atoms with Gasteiger partial charge in [0.15, 0.2) is 0 Å². The molecular weight excluding hydrogens is 168 g/mol. The summed E-state index contributed by atoms with van der Waals surface area (Å²) in [6.45, 7) is 4.81. The van der Waals surface area contributed by atoms with E-state index in [1.165, 1.54) is 6.92 Å². The largest absolute Gasteiger partial charge is 0.459 e. The van der Waals surface area contributed by atoms with E-state index in [-0.39, 0.29) is 17.7 Å². The maximum absolute atomic E-state index is 11.3. The van der Waals surface area contributed by atoms with Gasteiger partial charge < -0.3 is 4.74 Å². The highest BCUT2D eigenvalue weighted by molar-refractivity contribution is 5.80. The number of ether oxygens (including phenoxy) is 1. The second kappa shape index (κ2) is 3.48. The molecule has 0 aliphatic heterocycles. The highest BCUT2D eigenvalue weighted by atomic mass is 16.6. The summed E-state index contributed by atoms with van der Waals surface area (Å²) in [5.74, 6) is -0.270. The second-order valence-corrected chi connectivity index (χ2v) is 3.96. The standard InChI is InChI=1S/C10H16O3/c1-7(11)9-5-4-6-10(9,3)13-8(2)12/h9H,4-6H2,1-3H3. The third-order valence-corrected chi connectivity index (χ3v) is 2.77. The molecule has 0 aromatic heterocycles. The van der Waals surface area contributed by atoms with E-state index in [4.69, 9.17) is 4.74 Å². The third-order valence-electron chi connectivity index (χ3n) is 2.77. The number of hydrogen-bond donors (Lipinski definition) is 0. The Morgan fingerprint density at radius 1 is 1.38 bits per heavy atom.